The number of aromatic nitrogens is 4. The van der Waals surface area contributed by atoms with Crippen LogP contribution in [0.25, 0.3) is 16.5 Å². The molecule has 0 spiro atoms. The molecule has 1 saturated heterocycles. The number of amides is 1. The van der Waals surface area contributed by atoms with Gasteiger partial charge in [0.2, 0.25) is 5.95 Å². The van der Waals surface area contributed by atoms with E-state index in [0.717, 1.165) is 16.8 Å². The zero-order valence-corrected chi connectivity index (χ0v) is 20.2. The zero-order valence-electron chi connectivity index (χ0n) is 20.2. The van der Waals surface area contributed by atoms with Gasteiger partial charge in [-0.2, -0.15) is 5.12 Å². The third-order valence-electron chi connectivity index (χ3n) is 7.01. The minimum Gasteiger partial charge on any atom is -0.465 e. The van der Waals surface area contributed by atoms with Gasteiger partial charge >= 0.3 is 6.09 Å². The number of piperidine rings is 1. The van der Waals surface area contributed by atoms with Crippen LogP contribution in [0.15, 0.2) is 35.4 Å². The van der Waals surface area contributed by atoms with Crippen LogP contribution in [0.4, 0.5) is 15.2 Å². The van der Waals surface area contributed by atoms with Gasteiger partial charge in [0.1, 0.15) is 5.82 Å². The Morgan fingerprint density at radius 1 is 1.26 bits per heavy atom. The van der Waals surface area contributed by atoms with Gasteiger partial charge in [0.25, 0.3) is 5.56 Å². The van der Waals surface area contributed by atoms with Crippen molar-refractivity contribution in [2.75, 3.05) is 11.7 Å². The van der Waals surface area contributed by atoms with E-state index in [9.17, 15) is 19.2 Å². The molecule has 2 aliphatic rings. The molecule has 2 unspecified atom stereocenters. The number of allylic oxidation sites excluding steroid dienone is 1. The first-order chi connectivity index (χ1) is 16.5. The Hall–Kier alpha value is -3.69. The summed E-state index contributed by atoms with van der Waals surface area (Å²) in [6.45, 7) is 8.74. The predicted molar refractivity (Wildman–Crippen MR) is 131 cm³/mol. The van der Waals surface area contributed by atoms with Crippen LogP contribution in [-0.4, -0.2) is 48.2 Å². The number of H-pyrrole nitrogens is 1. The first kappa shape index (κ1) is 23.1. The first-order valence-electron chi connectivity index (χ1n) is 11.7. The maximum absolute atomic E-state index is 14.5. The number of carbonyl (C=O) groups is 1. The van der Waals surface area contributed by atoms with Crippen molar-refractivity contribution in [3.63, 3.8) is 0 Å². The van der Waals surface area contributed by atoms with Gasteiger partial charge in [-0.15, -0.1) is 0 Å². The van der Waals surface area contributed by atoms with E-state index in [4.69, 9.17) is 4.98 Å². The smallest absolute Gasteiger partial charge is 0.407 e. The monoisotopic (exact) mass is 480 g/mol. The number of imidazole rings is 1. The minimum absolute atomic E-state index is 0.0457. The Morgan fingerprint density at radius 3 is 2.74 bits per heavy atom. The lowest BCUT2D eigenvalue weighted by molar-refractivity contribution is 0.0515. The summed E-state index contributed by atoms with van der Waals surface area (Å²) in [6.07, 6.45) is 3.45. The second-order valence-electron chi connectivity index (χ2n) is 10.5. The molecule has 5 rings (SSSR count). The standard InChI is InChI=1S/C25H29FN6O3/c1-14-11-30-12-17(13-32(26)23(30)27-14)15-5-6-19-18(9-15)22(33)29-21(28-19)16-7-8-31(24(34)35)20(10-16)25(2,3)4/h5-6,9,11,13,16,20H,7-8,10,12H2,1-4H3,(H,34,35)(H,28,29,33). The maximum atomic E-state index is 14.5. The lowest BCUT2D eigenvalue weighted by Gasteiger charge is -2.44. The number of fused-ring (bicyclic) bond motifs is 2. The third-order valence-corrected chi connectivity index (χ3v) is 7.01. The molecule has 2 aliphatic heterocycles. The SMILES string of the molecule is Cc1cn2c(n1)N(F)C=C(c1ccc3nc(C4CCN(C(=O)O)C(C(C)(C)C)C4)[nH]c(=O)c3c1)C2. The molecule has 4 heterocycles. The number of hydrogen-bond acceptors (Lipinski definition) is 5. The number of likely N-dealkylation sites (tertiary alicyclic amines) is 1. The highest BCUT2D eigenvalue weighted by Crippen LogP contribution is 2.38. The molecule has 0 bridgehead atoms. The summed E-state index contributed by atoms with van der Waals surface area (Å²) in [4.78, 5) is 38.2. The quantitative estimate of drug-likeness (QED) is 0.525. The van der Waals surface area contributed by atoms with Gasteiger partial charge in [0.15, 0.2) is 0 Å². The molecule has 0 aliphatic carbocycles. The zero-order chi connectivity index (χ0) is 25.1. The molecule has 1 fully saturated rings. The molecule has 2 N–H and O–H groups in total. The molecule has 0 radical (unpaired) electrons. The van der Waals surface area contributed by atoms with Crippen LogP contribution < -0.4 is 10.7 Å². The summed E-state index contributed by atoms with van der Waals surface area (Å²) >= 11 is 0. The van der Waals surface area contributed by atoms with Crippen molar-refractivity contribution >= 4 is 28.5 Å². The fourth-order valence-corrected chi connectivity index (χ4v) is 5.22. The number of aromatic amines is 1. The lowest BCUT2D eigenvalue weighted by Crippen LogP contribution is -2.51. The van der Waals surface area contributed by atoms with E-state index in [0.29, 0.717) is 47.8 Å². The second-order valence-corrected chi connectivity index (χ2v) is 10.5. The van der Waals surface area contributed by atoms with Crippen molar-refractivity contribution in [2.24, 2.45) is 5.41 Å². The molecule has 9 nitrogen and oxygen atoms in total. The Labute approximate surface area is 201 Å². The molecule has 0 saturated carbocycles. The topological polar surface area (TPSA) is 107 Å². The molecular weight excluding hydrogens is 451 g/mol. The van der Waals surface area contributed by atoms with Gasteiger partial charge in [-0.1, -0.05) is 31.3 Å². The van der Waals surface area contributed by atoms with Crippen LogP contribution in [0.3, 0.4) is 0 Å². The van der Waals surface area contributed by atoms with E-state index in [1.165, 1.54) is 11.1 Å². The molecule has 2 aromatic heterocycles. The molecule has 3 aromatic rings. The van der Waals surface area contributed by atoms with Crippen molar-refractivity contribution in [2.45, 2.75) is 59.0 Å². The van der Waals surface area contributed by atoms with Crippen LogP contribution in [-0.2, 0) is 6.54 Å². The highest BCUT2D eigenvalue weighted by molar-refractivity contribution is 5.83. The Kier molecular flexibility index (Phi) is 5.41. The van der Waals surface area contributed by atoms with E-state index < -0.39 is 6.09 Å². The Morgan fingerprint density at radius 2 is 2.03 bits per heavy atom. The normalized spacial score (nSPS) is 20.7. The van der Waals surface area contributed by atoms with E-state index in [1.807, 2.05) is 33.8 Å². The fourth-order valence-electron chi connectivity index (χ4n) is 5.22. The maximum Gasteiger partial charge on any atom is 0.407 e. The predicted octanol–water partition coefficient (Wildman–Crippen LogP) is 4.45. The highest BCUT2D eigenvalue weighted by Gasteiger charge is 2.39. The van der Waals surface area contributed by atoms with E-state index in [-0.39, 0.29) is 28.9 Å². The molecule has 35 heavy (non-hydrogen) atoms. The number of nitrogens with zero attached hydrogens (tertiary/aromatic N) is 5. The van der Waals surface area contributed by atoms with Gasteiger partial charge in [-0.25, -0.2) is 14.8 Å². The molecule has 1 amide bonds. The molecular formula is C25H29FN6O3. The number of aryl methyl sites for hydroxylation is 1. The summed E-state index contributed by atoms with van der Waals surface area (Å²) < 4.78 is 16.3. The van der Waals surface area contributed by atoms with E-state index >= 15 is 0 Å². The van der Waals surface area contributed by atoms with Gasteiger partial charge < -0.3 is 19.6 Å². The number of rotatable bonds is 2. The largest absolute Gasteiger partial charge is 0.465 e. The van der Waals surface area contributed by atoms with E-state index in [2.05, 4.69) is 9.97 Å². The first-order valence-corrected chi connectivity index (χ1v) is 11.7. The summed E-state index contributed by atoms with van der Waals surface area (Å²) in [6, 6.07) is 5.19. The summed E-state index contributed by atoms with van der Waals surface area (Å²) in [5.74, 6) is 0.772. The minimum atomic E-state index is -0.919. The van der Waals surface area contributed by atoms with E-state index in [1.54, 1.807) is 22.9 Å². The summed E-state index contributed by atoms with van der Waals surface area (Å²) in [5, 5.41) is 10.6. The summed E-state index contributed by atoms with van der Waals surface area (Å²) in [7, 11) is 0. The van der Waals surface area contributed by atoms with Gasteiger partial charge in [0.05, 0.1) is 23.1 Å². The number of carboxylic acid groups (broad SMARTS) is 1. The van der Waals surface area contributed by atoms with Crippen LogP contribution >= 0.6 is 0 Å². The number of anilines is 1. The van der Waals surface area contributed by atoms with Crippen molar-refractivity contribution in [1.29, 1.82) is 0 Å². The van der Waals surface area contributed by atoms with Crippen LogP contribution in [0.2, 0.25) is 0 Å². The highest BCUT2D eigenvalue weighted by atomic mass is 19.2. The average Bonchev–Trinajstić information content (AvgIpc) is 3.18. The molecule has 1 aromatic carbocycles. The second kappa shape index (κ2) is 8.21. The lowest BCUT2D eigenvalue weighted by atomic mass is 9.77. The molecule has 184 valence electrons. The van der Waals surface area contributed by atoms with Crippen LogP contribution in [0, 0.1) is 12.3 Å². The van der Waals surface area contributed by atoms with Crippen molar-refractivity contribution in [3.8, 4) is 0 Å². The van der Waals surface area contributed by atoms with Crippen molar-refractivity contribution in [1.82, 2.24) is 24.4 Å². The number of halogens is 1. The van der Waals surface area contributed by atoms with Gasteiger partial charge in [-0.05, 0) is 48.4 Å². The van der Waals surface area contributed by atoms with Gasteiger partial charge in [-0.3, -0.25) is 4.79 Å². The average molecular weight is 481 g/mol. The number of hydrogen-bond donors (Lipinski definition) is 2. The van der Waals surface area contributed by atoms with Crippen molar-refractivity contribution < 1.29 is 14.4 Å². The van der Waals surface area contributed by atoms with Gasteiger partial charge in [0, 0.05) is 30.9 Å². The third kappa shape index (κ3) is 4.17. The Balaban J connectivity index is 1.45. The molecule has 10 heteroatoms. The fraction of sp³-hybridized carbons (Fsp3) is 0.440. The molecule has 2 atom stereocenters. The van der Waals surface area contributed by atoms with Crippen LogP contribution in [0.5, 0.6) is 0 Å². The number of benzene rings is 1. The summed E-state index contributed by atoms with van der Waals surface area (Å²) in [5.41, 5.74) is 2.25. The Bertz CT molecular complexity index is 1400. The van der Waals surface area contributed by atoms with Crippen LogP contribution in [0.1, 0.15) is 56.6 Å². The van der Waals surface area contributed by atoms with Crippen molar-refractivity contribution in [3.05, 3.63) is 58.0 Å². The number of nitrogens with one attached hydrogen (secondary N) is 1.